The van der Waals surface area contributed by atoms with Crippen LogP contribution >= 0.6 is 0 Å². The molecule has 5 heteroatoms. The second-order valence-electron chi connectivity index (χ2n) is 5.08. The largest absolute Gasteiger partial charge is 0.467 e. The van der Waals surface area contributed by atoms with E-state index in [4.69, 9.17) is 0 Å². The Bertz CT molecular complexity index is 263. The van der Waals surface area contributed by atoms with E-state index in [1.807, 2.05) is 4.90 Å². The second-order valence-corrected chi connectivity index (χ2v) is 5.08. The first-order valence-electron chi connectivity index (χ1n) is 5.52. The van der Waals surface area contributed by atoms with Crippen LogP contribution in [0.3, 0.4) is 0 Å². The molecule has 2 unspecified atom stereocenters. The predicted molar refractivity (Wildman–Crippen MR) is 58.9 cm³/mol. The molecule has 0 spiro atoms. The fourth-order valence-corrected chi connectivity index (χ4v) is 2.18. The second kappa shape index (κ2) is 4.69. The van der Waals surface area contributed by atoms with Gasteiger partial charge < -0.3 is 14.9 Å². The van der Waals surface area contributed by atoms with E-state index in [-0.39, 0.29) is 6.54 Å². The zero-order valence-corrected chi connectivity index (χ0v) is 10.2. The van der Waals surface area contributed by atoms with Gasteiger partial charge in [-0.15, -0.1) is 0 Å². The molecule has 0 aliphatic carbocycles. The van der Waals surface area contributed by atoms with Gasteiger partial charge in [0.2, 0.25) is 0 Å². The number of rotatable bonds is 3. The highest BCUT2D eigenvalue weighted by atomic mass is 16.5. The lowest BCUT2D eigenvalue weighted by Gasteiger charge is -2.39. The number of methoxy groups -OCH3 is 1. The van der Waals surface area contributed by atoms with Gasteiger partial charge >= 0.3 is 5.97 Å². The van der Waals surface area contributed by atoms with Crippen LogP contribution in [0, 0.1) is 0 Å². The molecule has 1 rings (SSSR count). The molecule has 1 saturated heterocycles. The third-order valence-corrected chi connectivity index (χ3v) is 2.91. The van der Waals surface area contributed by atoms with Crippen LogP contribution < -0.4 is 0 Å². The number of esters is 1. The van der Waals surface area contributed by atoms with Crippen molar-refractivity contribution in [3.63, 3.8) is 0 Å². The minimum atomic E-state index is -1.51. The Hall–Kier alpha value is -0.650. The van der Waals surface area contributed by atoms with Gasteiger partial charge in [-0.1, -0.05) is 0 Å². The molecule has 0 aromatic heterocycles. The van der Waals surface area contributed by atoms with E-state index in [1.54, 1.807) is 6.92 Å². The molecule has 1 aliphatic heterocycles. The third kappa shape index (κ3) is 3.43. The number of β-amino-alcohol motifs (C(OH)–C–C–N with tert-alkyl or cyclic N) is 2. The molecule has 2 N–H and O–H groups in total. The summed E-state index contributed by atoms with van der Waals surface area (Å²) in [5.41, 5.74) is -2.24. The molecule has 0 radical (unpaired) electrons. The van der Waals surface area contributed by atoms with Gasteiger partial charge in [0.25, 0.3) is 0 Å². The first kappa shape index (κ1) is 13.4. The number of hydrogen-bond donors (Lipinski definition) is 2. The molecule has 0 saturated carbocycles. The van der Waals surface area contributed by atoms with Gasteiger partial charge in [-0.05, 0) is 33.2 Å². The molecular formula is C11H21NO4. The highest BCUT2D eigenvalue weighted by Gasteiger charge is 2.37. The summed E-state index contributed by atoms with van der Waals surface area (Å²) in [5.74, 6) is -0.641. The molecule has 1 heterocycles. The van der Waals surface area contributed by atoms with E-state index in [2.05, 4.69) is 4.74 Å². The minimum absolute atomic E-state index is 0.190. The molecule has 1 fully saturated rings. The molecule has 16 heavy (non-hydrogen) atoms. The van der Waals surface area contributed by atoms with E-state index in [1.165, 1.54) is 14.0 Å². The Kier molecular flexibility index (Phi) is 3.93. The number of nitrogens with zero attached hydrogens (tertiary/aromatic N) is 1. The monoisotopic (exact) mass is 231 g/mol. The average Bonchev–Trinajstić information content (AvgIpc) is 2.14. The minimum Gasteiger partial charge on any atom is -0.467 e. The van der Waals surface area contributed by atoms with Crippen molar-refractivity contribution in [1.29, 1.82) is 0 Å². The van der Waals surface area contributed by atoms with E-state index >= 15 is 0 Å². The van der Waals surface area contributed by atoms with Gasteiger partial charge in [0.1, 0.15) is 0 Å². The van der Waals surface area contributed by atoms with Crippen LogP contribution in [0.5, 0.6) is 0 Å². The highest BCUT2D eigenvalue weighted by Crippen LogP contribution is 2.22. The standard InChI is InChI=1S/C11H21NO4/c1-10(14)5-4-6-12(7-10)8-11(2,15)9(13)16-3/h14-15H,4-8H2,1-3H3. The topological polar surface area (TPSA) is 70.0 Å². The summed E-state index contributed by atoms with van der Waals surface area (Å²) in [7, 11) is 1.25. The molecule has 5 nitrogen and oxygen atoms in total. The molecule has 0 amide bonds. The average molecular weight is 231 g/mol. The maximum absolute atomic E-state index is 11.3. The van der Waals surface area contributed by atoms with Gasteiger partial charge in [0, 0.05) is 13.1 Å². The Morgan fingerprint density at radius 2 is 2.25 bits per heavy atom. The van der Waals surface area contributed by atoms with E-state index in [0.29, 0.717) is 6.54 Å². The van der Waals surface area contributed by atoms with Crippen molar-refractivity contribution in [3.05, 3.63) is 0 Å². The number of ether oxygens (including phenoxy) is 1. The Morgan fingerprint density at radius 3 is 2.75 bits per heavy atom. The number of piperidine rings is 1. The van der Waals surface area contributed by atoms with Crippen LogP contribution in [-0.2, 0) is 9.53 Å². The van der Waals surface area contributed by atoms with Crippen molar-refractivity contribution in [3.8, 4) is 0 Å². The summed E-state index contributed by atoms with van der Waals surface area (Å²) in [6.07, 6.45) is 1.62. The first-order valence-corrected chi connectivity index (χ1v) is 5.52. The van der Waals surface area contributed by atoms with Crippen molar-refractivity contribution in [2.24, 2.45) is 0 Å². The zero-order valence-electron chi connectivity index (χ0n) is 10.2. The number of carbonyl (C=O) groups excluding carboxylic acids is 1. The number of aliphatic hydroxyl groups is 2. The van der Waals surface area contributed by atoms with Crippen LogP contribution in [-0.4, -0.2) is 59.0 Å². The molecule has 2 atom stereocenters. The van der Waals surface area contributed by atoms with E-state index < -0.39 is 17.2 Å². The summed E-state index contributed by atoms with van der Waals surface area (Å²) in [5, 5.41) is 19.8. The van der Waals surface area contributed by atoms with Crippen molar-refractivity contribution >= 4 is 5.97 Å². The van der Waals surface area contributed by atoms with Gasteiger partial charge in [0.05, 0.1) is 12.7 Å². The van der Waals surface area contributed by atoms with Crippen LogP contribution in [0.2, 0.25) is 0 Å². The lowest BCUT2D eigenvalue weighted by molar-refractivity contribution is -0.163. The molecular weight excluding hydrogens is 210 g/mol. The van der Waals surface area contributed by atoms with Crippen LogP contribution in [0.15, 0.2) is 0 Å². The fraction of sp³-hybridized carbons (Fsp3) is 0.909. The van der Waals surface area contributed by atoms with E-state index in [9.17, 15) is 15.0 Å². The molecule has 1 aliphatic rings. The van der Waals surface area contributed by atoms with Crippen LogP contribution in [0.4, 0.5) is 0 Å². The summed E-state index contributed by atoms with van der Waals surface area (Å²) >= 11 is 0. The van der Waals surface area contributed by atoms with E-state index in [0.717, 1.165) is 19.4 Å². The molecule has 0 bridgehead atoms. The summed E-state index contributed by atoms with van der Waals surface area (Å²) < 4.78 is 4.53. The quantitative estimate of drug-likeness (QED) is 0.656. The normalized spacial score (nSPS) is 30.8. The summed E-state index contributed by atoms with van der Waals surface area (Å²) in [6, 6.07) is 0. The molecule has 0 aromatic rings. The fourth-order valence-electron chi connectivity index (χ4n) is 2.18. The maximum Gasteiger partial charge on any atom is 0.338 e. The lowest BCUT2D eigenvalue weighted by atomic mass is 9.94. The van der Waals surface area contributed by atoms with Crippen molar-refractivity contribution in [1.82, 2.24) is 4.90 Å². The number of likely N-dealkylation sites (tertiary alicyclic amines) is 1. The Labute approximate surface area is 96.0 Å². The zero-order chi connectivity index (χ0) is 12.4. The van der Waals surface area contributed by atoms with Crippen molar-refractivity contribution in [2.45, 2.75) is 37.9 Å². The SMILES string of the molecule is COC(=O)C(C)(O)CN1CCCC(C)(O)C1. The van der Waals surface area contributed by atoms with Gasteiger partial charge in [0.15, 0.2) is 5.60 Å². The van der Waals surface area contributed by atoms with Crippen molar-refractivity contribution in [2.75, 3.05) is 26.7 Å². The smallest absolute Gasteiger partial charge is 0.338 e. The number of carbonyl (C=O) groups is 1. The summed E-state index contributed by atoms with van der Waals surface area (Å²) in [6.45, 7) is 4.65. The van der Waals surface area contributed by atoms with Gasteiger partial charge in [-0.3, -0.25) is 4.90 Å². The molecule has 0 aromatic carbocycles. The van der Waals surface area contributed by atoms with Gasteiger partial charge in [-0.2, -0.15) is 0 Å². The first-order chi connectivity index (χ1) is 7.27. The third-order valence-electron chi connectivity index (χ3n) is 2.91. The van der Waals surface area contributed by atoms with Crippen LogP contribution in [0.1, 0.15) is 26.7 Å². The maximum atomic E-state index is 11.3. The van der Waals surface area contributed by atoms with Crippen LogP contribution in [0.25, 0.3) is 0 Å². The van der Waals surface area contributed by atoms with Gasteiger partial charge in [-0.25, -0.2) is 4.79 Å². The van der Waals surface area contributed by atoms with Crippen molar-refractivity contribution < 1.29 is 19.7 Å². The summed E-state index contributed by atoms with van der Waals surface area (Å²) in [4.78, 5) is 13.2. The predicted octanol–water partition coefficient (Wildman–Crippen LogP) is -0.243. The number of hydrogen-bond acceptors (Lipinski definition) is 5. The lowest BCUT2D eigenvalue weighted by Crippen LogP contribution is -2.53. The Balaban J connectivity index is 2.57. The highest BCUT2D eigenvalue weighted by molar-refractivity contribution is 5.78. The Morgan fingerprint density at radius 1 is 1.62 bits per heavy atom. The molecule has 94 valence electrons.